The lowest BCUT2D eigenvalue weighted by Gasteiger charge is -2.28. The summed E-state index contributed by atoms with van der Waals surface area (Å²) in [6.45, 7) is 1.79. The van der Waals surface area contributed by atoms with Gasteiger partial charge in [0, 0.05) is 25.8 Å². The van der Waals surface area contributed by atoms with E-state index in [2.05, 4.69) is 9.97 Å². The van der Waals surface area contributed by atoms with Crippen molar-refractivity contribution in [2.45, 2.75) is 25.6 Å². The maximum Gasteiger partial charge on any atom is 0.225 e. The van der Waals surface area contributed by atoms with E-state index in [1.807, 2.05) is 4.90 Å². The third-order valence-corrected chi connectivity index (χ3v) is 2.62. The standard InChI is InChI=1S/C10H15FN4/c11-8-2-5-15(6-3-8)10-13-4-1-9(7-12)14-10/h1,4,8H,2-3,5-7,12H2. The Morgan fingerprint density at radius 3 is 2.87 bits per heavy atom. The monoisotopic (exact) mass is 210 g/mol. The Morgan fingerprint density at radius 2 is 2.20 bits per heavy atom. The van der Waals surface area contributed by atoms with Crippen LogP contribution in [0.3, 0.4) is 0 Å². The molecule has 0 aliphatic carbocycles. The molecule has 0 saturated carbocycles. The summed E-state index contributed by atoms with van der Waals surface area (Å²) in [5.41, 5.74) is 6.32. The minimum atomic E-state index is -0.668. The van der Waals surface area contributed by atoms with Crippen LogP contribution in [0.15, 0.2) is 12.3 Å². The lowest BCUT2D eigenvalue weighted by atomic mass is 10.1. The van der Waals surface area contributed by atoms with E-state index < -0.39 is 6.17 Å². The molecule has 1 aromatic rings. The zero-order chi connectivity index (χ0) is 10.7. The Bertz CT molecular complexity index is 323. The molecule has 0 spiro atoms. The number of alkyl halides is 1. The first-order valence-corrected chi connectivity index (χ1v) is 5.20. The number of anilines is 1. The van der Waals surface area contributed by atoms with Crippen LogP contribution in [-0.4, -0.2) is 29.2 Å². The normalized spacial score (nSPS) is 18.1. The topological polar surface area (TPSA) is 55.0 Å². The summed E-state index contributed by atoms with van der Waals surface area (Å²) >= 11 is 0. The lowest BCUT2D eigenvalue weighted by Crippen LogP contribution is -2.35. The molecule has 2 heterocycles. The van der Waals surface area contributed by atoms with Gasteiger partial charge >= 0.3 is 0 Å². The van der Waals surface area contributed by atoms with Crippen molar-refractivity contribution >= 4 is 5.95 Å². The Labute approximate surface area is 88.3 Å². The van der Waals surface area contributed by atoms with E-state index in [0.29, 0.717) is 38.4 Å². The average Bonchev–Trinajstić information content (AvgIpc) is 2.30. The van der Waals surface area contributed by atoms with Gasteiger partial charge in [0.05, 0.1) is 5.69 Å². The first kappa shape index (κ1) is 10.3. The second kappa shape index (κ2) is 4.53. The van der Waals surface area contributed by atoms with Crippen LogP contribution in [0.5, 0.6) is 0 Å². The number of halogens is 1. The fourth-order valence-corrected chi connectivity index (χ4v) is 1.70. The summed E-state index contributed by atoms with van der Waals surface area (Å²) in [7, 11) is 0. The third-order valence-electron chi connectivity index (χ3n) is 2.62. The molecule has 0 aromatic carbocycles. The maximum atomic E-state index is 12.9. The number of nitrogens with two attached hydrogens (primary N) is 1. The van der Waals surface area contributed by atoms with Crippen LogP contribution >= 0.6 is 0 Å². The molecule has 0 radical (unpaired) electrons. The summed E-state index contributed by atoms with van der Waals surface area (Å²) in [5, 5.41) is 0. The Hall–Kier alpha value is -1.23. The Morgan fingerprint density at radius 1 is 1.47 bits per heavy atom. The van der Waals surface area contributed by atoms with Crippen molar-refractivity contribution in [3.8, 4) is 0 Å². The predicted molar refractivity (Wildman–Crippen MR) is 56.3 cm³/mol. The molecule has 2 N–H and O–H groups in total. The van der Waals surface area contributed by atoms with Gasteiger partial charge in [-0.2, -0.15) is 0 Å². The number of hydrogen-bond donors (Lipinski definition) is 1. The van der Waals surface area contributed by atoms with Crippen molar-refractivity contribution in [3.05, 3.63) is 18.0 Å². The quantitative estimate of drug-likeness (QED) is 0.787. The van der Waals surface area contributed by atoms with Gasteiger partial charge in [-0.3, -0.25) is 0 Å². The highest BCUT2D eigenvalue weighted by molar-refractivity contribution is 5.30. The summed E-state index contributed by atoms with van der Waals surface area (Å²) in [6, 6.07) is 1.80. The smallest absolute Gasteiger partial charge is 0.225 e. The van der Waals surface area contributed by atoms with E-state index in [1.165, 1.54) is 0 Å². The number of nitrogens with zero attached hydrogens (tertiary/aromatic N) is 3. The number of piperidine rings is 1. The zero-order valence-electron chi connectivity index (χ0n) is 8.56. The number of hydrogen-bond acceptors (Lipinski definition) is 4. The third kappa shape index (κ3) is 2.41. The van der Waals surface area contributed by atoms with Crippen molar-refractivity contribution < 1.29 is 4.39 Å². The molecular weight excluding hydrogens is 195 g/mol. The molecule has 1 fully saturated rings. The van der Waals surface area contributed by atoms with Crippen molar-refractivity contribution in [1.82, 2.24) is 9.97 Å². The fraction of sp³-hybridized carbons (Fsp3) is 0.600. The van der Waals surface area contributed by atoms with Gasteiger partial charge in [-0.25, -0.2) is 14.4 Å². The van der Waals surface area contributed by atoms with Gasteiger partial charge in [-0.1, -0.05) is 0 Å². The molecule has 1 aromatic heterocycles. The minimum absolute atomic E-state index is 0.412. The second-order valence-corrected chi connectivity index (χ2v) is 3.71. The van der Waals surface area contributed by atoms with E-state index in [4.69, 9.17) is 5.73 Å². The van der Waals surface area contributed by atoms with Crippen LogP contribution in [0, 0.1) is 0 Å². The van der Waals surface area contributed by atoms with Crippen LogP contribution in [-0.2, 0) is 6.54 Å². The minimum Gasteiger partial charge on any atom is -0.341 e. The van der Waals surface area contributed by atoms with Gasteiger partial charge in [0.15, 0.2) is 0 Å². The highest BCUT2D eigenvalue weighted by Gasteiger charge is 2.20. The lowest BCUT2D eigenvalue weighted by molar-refractivity contribution is 0.276. The molecule has 1 saturated heterocycles. The van der Waals surface area contributed by atoms with Crippen molar-refractivity contribution in [3.63, 3.8) is 0 Å². The molecule has 0 bridgehead atoms. The fourth-order valence-electron chi connectivity index (χ4n) is 1.70. The first-order valence-electron chi connectivity index (χ1n) is 5.20. The van der Waals surface area contributed by atoms with Gasteiger partial charge < -0.3 is 10.6 Å². The first-order chi connectivity index (χ1) is 7.29. The number of rotatable bonds is 2. The molecule has 0 atom stereocenters. The van der Waals surface area contributed by atoms with Crippen molar-refractivity contribution in [2.24, 2.45) is 5.73 Å². The highest BCUT2D eigenvalue weighted by atomic mass is 19.1. The van der Waals surface area contributed by atoms with Crippen LogP contribution in [0.1, 0.15) is 18.5 Å². The summed E-state index contributed by atoms with van der Waals surface area (Å²) < 4.78 is 12.9. The van der Waals surface area contributed by atoms with E-state index in [-0.39, 0.29) is 0 Å². The van der Waals surface area contributed by atoms with Crippen LogP contribution < -0.4 is 10.6 Å². The molecule has 4 nitrogen and oxygen atoms in total. The van der Waals surface area contributed by atoms with Gasteiger partial charge in [-0.05, 0) is 18.9 Å². The Balaban J connectivity index is 2.08. The van der Waals surface area contributed by atoms with Crippen molar-refractivity contribution in [1.29, 1.82) is 0 Å². The molecule has 0 unspecified atom stereocenters. The van der Waals surface area contributed by atoms with Crippen LogP contribution in [0.2, 0.25) is 0 Å². The summed E-state index contributed by atoms with van der Waals surface area (Å²) in [4.78, 5) is 10.5. The average molecular weight is 210 g/mol. The molecule has 2 rings (SSSR count). The van der Waals surface area contributed by atoms with Gasteiger partial charge in [0.2, 0.25) is 5.95 Å². The van der Waals surface area contributed by atoms with E-state index >= 15 is 0 Å². The molecule has 15 heavy (non-hydrogen) atoms. The maximum absolute atomic E-state index is 12.9. The number of aromatic nitrogens is 2. The van der Waals surface area contributed by atoms with Crippen LogP contribution in [0.25, 0.3) is 0 Å². The summed E-state index contributed by atoms with van der Waals surface area (Å²) in [6.07, 6.45) is 2.16. The second-order valence-electron chi connectivity index (χ2n) is 3.71. The Kier molecular flexibility index (Phi) is 3.11. The largest absolute Gasteiger partial charge is 0.341 e. The van der Waals surface area contributed by atoms with E-state index in [0.717, 1.165) is 5.69 Å². The zero-order valence-corrected chi connectivity index (χ0v) is 8.56. The molecule has 1 aliphatic heterocycles. The van der Waals surface area contributed by atoms with E-state index in [1.54, 1.807) is 12.3 Å². The van der Waals surface area contributed by atoms with Gasteiger partial charge in [-0.15, -0.1) is 0 Å². The van der Waals surface area contributed by atoms with Crippen molar-refractivity contribution in [2.75, 3.05) is 18.0 Å². The SMILES string of the molecule is NCc1ccnc(N2CCC(F)CC2)n1. The predicted octanol–water partition coefficient (Wildman–Crippen LogP) is 0.874. The van der Waals surface area contributed by atoms with Gasteiger partial charge in [0.25, 0.3) is 0 Å². The molecule has 0 amide bonds. The molecular formula is C10H15FN4. The van der Waals surface area contributed by atoms with Gasteiger partial charge in [0.1, 0.15) is 6.17 Å². The molecule has 82 valence electrons. The van der Waals surface area contributed by atoms with Crippen LogP contribution in [0.4, 0.5) is 10.3 Å². The molecule has 1 aliphatic rings. The van der Waals surface area contributed by atoms with E-state index in [9.17, 15) is 4.39 Å². The highest BCUT2D eigenvalue weighted by Crippen LogP contribution is 2.17. The summed E-state index contributed by atoms with van der Waals surface area (Å²) in [5.74, 6) is 0.671. The molecule has 5 heteroatoms.